The highest BCUT2D eigenvalue weighted by Crippen LogP contribution is 2.32. The van der Waals surface area contributed by atoms with Crippen LogP contribution in [0.5, 0.6) is 0 Å². The van der Waals surface area contributed by atoms with Crippen molar-refractivity contribution in [1.82, 2.24) is 0 Å². The van der Waals surface area contributed by atoms with Crippen LogP contribution in [-0.2, 0) is 10.1 Å². The van der Waals surface area contributed by atoms with E-state index in [0.29, 0.717) is 19.4 Å². The average Bonchev–Trinajstić information content (AvgIpc) is 2.66. The molecule has 28 heavy (non-hydrogen) atoms. The van der Waals surface area contributed by atoms with Crippen LogP contribution in [0.15, 0.2) is 12.7 Å². The minimum absolute atomic E-state index is 0.0740. The molecule has 0 saturated carbocycles. The summed E-state index contributed by atoms with van der Waals surface area (Å²) in [5.41, 5.74) is 4.91. The first-order valence-corrected chi connectivity index (χ1v) is 12.7. The maximum absolute atomic E-state index is 14.7. The SMILES string of the molecule is C=CCN.CCCCCCCCCCCC(F)(CCCCCCC)S(=O)(=O)O. The highest BCUT2D eigenvalue weighted by atomic mass is 32.2. The molecule has 0 aliphatic carbocycles. The molecule has 0 heterocycles. The van der Waals surface area contributed by atoms with Gasteiger partial charge in [-0.05, 0) is 25.7 Å². The second kappa shape index (κ2) is 19.8. The van der Waals surface area contributed by atoms with Crippen LogP contribution in [0.25, 0.3) is 0 Å². The summed E-state index contributed by atoms with van der Waals surface area (Å²) in [6.07, 6.45) is 15.8. The van der Waals surface area contributed by atoms with E-state index in [1.165, 1.54) is 32.1 Å². The molecule has 0 aromatic carbocycles. The Morgan fingerprint density at radius 3 is 1.36 bits per heavy atom. The monoisotopic (exact) mass is 423 g/mol. The van der Waals surface area contributed by atoms with Crippen molar-refractivity contribution in [2.45, 2.75) is 122 Å². The molecule has 1 atom stereocenters. The summed E-state index contributed by atoms with van der Waals surface area (Å²) < 4.78 is 46.8. The molecule has 0 aliphatic rings. The quantitative estimate of drug-likeness (QED) is 0.142. The van der Waals surface area contributed by atoms with Gasteiger partial charge in [0.25, 0.3) is 10.1 Å². The van der Waals surface area contributed by atoms with Crippen molar-refractivity contribution in [3.05, 3.63) is 12.7 Å². The Hall–Kier alpha value is -0.460. The summed E-state index contributed by atoms with van der Waals surface area (Å²) in [6.45, 7) is 8.23. The first-order valence-electron chi connectivity index (χ1n) is 11.3. The normalized spacial score (nSPS) is 13.5. The molecule has 0 fully saturated rings. The molecule has 0 aliphatic heterocycles. The Balaban J connectivity index is 0. The predicted molar refractivity (Wildman–Crippen MR) is 120 cm³/mol. The topological polar surface area (TPSA) is 80.4 Å². The molecular weight excluding hydrogens is 377 g/mol. The van der Waals surface area contributed by atoms with E-state index in [9.17, 15) is 17.4 Å². The highest BCUT2D eigenvalue weighted by Gasteiger charge is 2.41. The minimum atomic E-state index is -4.63. The third-order valence-corrected chi connectivity index (χ3v) is 6.27. The maximum Gasteiger partial charge on any atom is 0.300 e. The van der Waals surface area contributed by atoms with Crippen molar-refractivity contribution < 1.29 is 17.4 Å². The van der Waals surface area contributed by atoms with Gasteiger partial charge in [0.15, 0.2) is 0 Å². The smallest absolute Gasteiger partial charge is 0.300 e. The second-order valence-corrected chi connectivity index (χ2v) is 9.31. The molecule has 0 radical (unpaired) electrons. The van der Waals surface area contributed by atoms with Gasteiger partial charge in [-0.15, -0.1) is 6.58 Å². The zero-order valence-electron chi connectivity index (χ0n) is 18.4. The Morgan fingerprint density at radius 2 is 1.11 bits per heavy atom. The first-order chi connectivity index (χ1) is 13.3. The second-order valence-electron chi connectivity index (χ2n) is 7.63. The molecular formula is C22H46FNO3S. The van der Waals surface area contributed by atoms with Crippen molar-refractivity contribution in [2.75, 3.05) is 6.54 Å². The van der Waals surface area contributed by atoms with E-state index in [0.717, 1.165) is 44.9 Å². The van der Waals surface area contributed by atoms with Crippen LogP contribution >= 0.6 is 0 Å². The lowest BCUT2D eigenvalue weighted by atomic mass is 10.0. The Kier molecular flexibility index (Phi) is 21.1. The summed E-state index contributed by atoms with van der Waals surface area (Å²) in [6, 6.07) is 0. The minimum Gasteiger partial charge on any atom is -0.327 e. The molecule has 0 aromatic heterocycles. The molecule has 0 bridgehead atoms. The van der Waals surface area contributed by atoms with E-state index >= 15 is 0 Å². The van der Waals surface area contributed by atoms with Crippen LogP contribution in [0, 0.1) is 0 Å². The zero-order valence-corrected chi connectivity index (χ0v) is 19.2. The largest absolute Gasteiger partial charge is 0.327 e. The van der Waals surface area contributed by atoms with E-state index < -0.39 is 15.1 Å². The molecule has 0 spiro atoms. The highest BCUT2D eigenvalue weighted by molar-refractivity contribution is 7.87. The first kappa shape index (κ1) is 29.7. The van der Waals surface area contributed by atoms with Gasteiger partial charge in [0, 0.05) is 6.54 Å². The molecule has 0 amide bonds. The van der Waals surface area contributed by atoms with Gasteiger partial charge >= 0.3 is 0 Å². The van der Waals surface area contributed by atoms with Gasteiger partial charge in [-0.1, -0.05) is 97.0 Å². The summed E-state index contributed by atoms with van der Waals surface area (Å²) in [7, 11) is -4.63. The molecule has 1 unspecified atom stereocenters. The molecule has 6 heteroatoms. The average molecular weight is 424 g/mol. The summed E-state index contributed by atoms with van der Waals surface area (Å²) >= 11 is 0. The van der Waals surface area contributed by atoms with Gasteiger partial charge in [-0.3, -0.25) is 4.55 Å². The van der Waals surface area contributed by atoms with Crippen LogP contribution in [0.3, 0.4) is 0 Å². The molecule has 0 rings (SSSR count). The Labute approximate surface area is 174 Å². The van der Waals surface area contributed by atoms with Crippen LogP contribution < -0.4 is 5.73 Å². The van der Waals surface area contributed by atoms with Crippen LogP contribution in [0.1, 0.15) is 117 Å². The number of halogens is 1. The van der Waals surface area contributed by atoms with Gasteiger partial charge < -0.3 is 5.73 Å². The van der Waals surface area contributed by atoms with Gasteiger partial charge in [0.2, 0.25) is 5.00 Å². The number of hydrogen-bond donors (Lipinski definition) is 2. The van der Waals surface area contributed by atoms with Crippen LogP contribution in [0.4, 0.5) is 4.39 Å². The van der Waals surface area contributed by atoms with E-state index in [1.807, 2.05) is 0 Å². The number of hydrogen-bond acceptors (Lipinski definition) is 3. The van der Waals surface area contributed by atoms with Gasteiger partial charge in [0.05, 0.1) is 0 Å². The van der Waals surface area contributed by atoms with E-state index in [4.69, 9.17) is 5.73 Å². The van der Waals surface area contributed by atoms with Crippen molar-refractivity contribution in [3.8, 4) is 0 Å². The molecule has 4 nitrogen and oxygen atoms in total. The van der Waals surface area contributed by atoms with Crippen molar-refractivity contribution >= 4 is 10.1 Å². The third-order valence-electron chi connectivity index (χ3n) is 4.94. The molecule has 170 valence electrons. The zero-order chi connectivity index (χ0) is 21.7. The van der Waals surface area contributed by atoms with Gasteiger partial charge in [0.1, 0.15) is 0 Å². The lowest BCUT2D eigenvalue weighted by Crippen LogP contribution is -2.33. The standard InChI is InChI=1S/C19H39FO3S.C3H7N/c1-3-5-7-9-10-11-12-14-16-18-19(20,24(21,22)23)17-15-13-8-6-4-2;1-2-3-4/h3-18H2,1-2H3,(H,21,22,23);2H,1,3-4H2. The fraction of sp³-hybridized carbons (Fsp3) is 0.909. The summed E-state index contributed by atoms with van der Waals surface area (Å²) in [5, 5.41) is -2.44. The molecule has 0 saturated heterocycles. The molecule has 0 aromatic rings. The summed E-state index contributed by atoms with van der Waals surface area (Å²) in [5.74, 6) is 0. The summed E-state index contributed by atoms with van der Waals surface area (Å²) in [4.78, 5) is 0. The van der Waals surface area contributed by atoms with E-state index in [-0.39, 0.29) is 12.8 Å². The van der Waals surface area contributed by atoms with E-state index in [2.05, 4.69) is 20.4 Å². The predicted octanol–water partition coefficient (Wildman–Crippen LogP) is 6.95. The van der Waals surface area contributed by atoms with Crippen molar-refractivity contribution in [2.24, 2.45) is 5.73 Å². The fourth-order valence-corrected chi connectivity index (χ4v) is 3.88. The number of rotatable bonds is 18. The van der Waals surface area contributed by atoms with Crippen LogP contribution in [-0.4, -0.2) is 24.5 Å². The van der Waals surface area contributed by atoms with Gasteiger partial charge in [-0.25, -0.2) is 4.39 Å². The lowest BCUT2D eigenvalue weighted by molar-refractivity contribution is 0.203. The van der Waals surface area contributed by atoms with Crippen molar-refractivity contribution in [1.29, 1.82) is 0 Å². The Morgan fingerprint density at radius 1 is 0.821 bits per heavy atom. The van der Waals surface area contributed by atoms with Gasteiger partial charge in [-0.2, -0.15) is 8.42 Å². The Bertz CT molecular complexity index is 443. The number of unbranched alkanes of at least 4 members (excludes halogenated alkanes) is 12. The number of alkyl halides is 1. The van der Waals surface area contributed by atoms with Crippen LogP contribution in [0.2, 0.25) is 0 Å². The third kappa shape index (κ3) is 17.6. The number of nitrogens with two attached hydrogens (primary N) is 1. The molecule has 3 N–H and O–H groups in total. The fourth-order valence-electron chi connectivity index (χ4n) is 3.08. The lowest BCUT2D eigenvalue weighted by Gasteiger charge is -2.22. The van der Waals surface area contributed by atoms with E-state index in [1.54, 1.807) is 6.08 Å². The maximum atomic E-state index is 14.7. The van der Waals surface area contributed by atoms with Crippen molar-refractivity contribution in [3.63, 3.8) is 0 Å².